The van der Waals surface area contributed by atoms with Crippen molar-refractivity contribution in [2.24, 2.45) is 0 Å². The van der Waals surface area contributed by atoms with Crippen LogP contribution in [0.1, 0.15) is 12.8 Å². The summed E-state index contributed by atoms with van der Waals surface area (Å²) in [5, 5.41) is 4.10. The van der Waals surface area contributed by atoms with Gasteiger partial charge in [-0.1, -0.05) is 48.5 Å². The van der Waals surface area contributed by atoms with Gasteiger partial charge in [0.2, 0.25) is 0 Å². The van der Waals surface area contributed by atoms with Crippen molar-refractivity contribution in [3.63, 3.8) is 0 Å². The number of nitrogens with zero attached hydrogens (tertiary/aromatic N) is 2. The van der Waals surface area contributed by atoms with Crippen LogP contribution in [0.25, 0.3) is 22.2 Å². The number of fused-ring (bicyclic) bond motifs is 1. The maximum Gasteiger partial charge on any atom is 0.263 e. The highest BCUT2D eigenvalue weighted by molar-refractivity contribution is 7.92. The molecule has 3 heterocycles. The zero-order chi connectivity index (χ0) is 22.0. The van der Waals surface area contributed by atoms with Crippen molar-refractivity contribution in [2.75, 3.05) is 23.2 Å². The molecule has 1 atom stereocenters. The minimum atomic E-state index is -3.80. The van der Waals surface area contributed by atoms with Gasteiger partial charge in [0.05, 0.1) is 16.4 Å². The molecule has 9 heteroatoms. The monoisotopic (exact) mass is 449 g/mol. The number of rotatable bonds is 7. The van der Waals surface area contributed by atoms with Gasteiger partial charge in [-0.05, 0) is 30.5 Å². The highest BCUT2D eigenvalue weighted by Crippen LogP contribution is 2.39. The molecule has 5 rings (SSSR count). The van der Waals surface area contributed by atoms with Crippen molar-refractivity contribution in [3.05, 3.63) is 67.0 Å². The fourth-order valence-corrected chi connectivity index (χ4v) is 4.99. The Morgan fingerprint density at radius 1 is 1.03 bits per heavy atom. The van der Waals surface area contributed by atoms with E-state index in [1.165, 1.54) is 6.33 Å². The topological polar surface area (TPSA) is 109 Å². The number of ether oxygens (including phenoxy) is 1. The maximum absolute atomic E-state index is 13.0. The van der Waals surface area contributed by atoms with Crippen LogP contribution >= 0.6 is 0 Å². The summed E-state index contributed by atoms with van der Waals surface area (Å²) < 4.78 is 34.5. The second-order valence-corrected chi connectivity index (χ2v) is 9.30. The number of aromatic nitrogens is 3. The van der Waals surface area contributed by atoms with Gasteiger partial charge in [0, 0.05) is 18.7 Å². The lowest BCUT2D eigenvalue weighted by atomic mass is 10.1. The molecule has 1 fully saturated rings. The van der Waals surface area contributed by atoms with Crippen molar-refractivity contribution in [1.82, 2.24) is 15.0 Å². The third kappa shape index (κ3) is 4.04. The normalized spacial score (nSPS) is 16.3. The molecule has 0 bridgehead atoms. The van der Waals surface area contributed by atoms with E-state index in [0.717, 1.165) is 30.4 Å². The first-order valence-electron chi connectivity index (χ1n) is 10.5. The summed E-state index contributed by atoms with van der Waals surface area (Å²) in [6, 6.07) is 17.9. The fourth-order valence-electron chi connectivity index (χ4n) is 3.94. The van der Waals surface area contributed by atoms with E-state index in [2.05, 4.69) is 25.0 Å². The Morgan fingerprint density at radius 3 is 2.50 bits per heavy atom. The minimum absolute atomic E-state index is 0.134. The van der Waals surface area contributed by atoms with Gasteiger partial charge >= 0.3 is 0 Å². The lowest BCUT2D eigenvalue weighted by molar-refractivity contribution is 0.120. The quantitative estimate of drug-likeness (QED) is 0.393. The van der Waals surface area contributed by atoms with E-state index in [4.69, 9.17) is 4.74 Å². The van der Waals surface area contributed by atoms with Gasteiger partial charge < -0.3 is 15.0 Å². The smallest absolute Gasteiger partial charge is 0.263 e. The Balaban J connectivity index is 1.60. The molecule has 32 heavy (non-hydrogen) atoms. The molecule has 1 aliphatic rings. The number of aromatic amines is 1. The molecule has 1 unspecified atom stereocenters. The zero-order valence-corrected chi connectivity index (χ0v) is 18.1. The van der Waals surface area contributed by atoms with E-state index >= 15 is 0 Å². The molecule has 1 aliphatic heterocycles. The van der Waals surface area contributed by atoms with E-state index in [0.29, 0.717) is 29.4 Å². The van der Waals surface area contributed by atoms with Crippen LogP contribution in [0.5, 0.6) is 0 Å². The average Bonchev–Trinajstić information content (AvgIpc) is 3.46. The van der Waals surface area contributed by atoms with Gasteiger partial charge in [0.25, 0.3) is 10.0 Å². The minimum Gasteiger partial charge on any atom is -0.376 e. The Bertz CT molecular complexity index is 1320. The first kappa shape index (κ1) is 20.5. The van der Waals surface area contributed by atoms with Crippen molar-refractivity contribution < 1.29 is 13.2 Å². The second kappa shape index (κ2) is 8.60. The summed E-state index contributed by atoms with van der Waals surface area (Å²) >= 11 is 0. The molecule has 2 aromatic carbocycles. The predicted octanol–water partition coefficient (Wildman–Crippen LogP) is 4.02. The highest BCUT2D eigenvalue weighted by atomic mass is 32.2. The van der Waals surface area contributed by atoms with Crippen LogP contribution in [-0.2, 0) is 14.8 Å². The number of H-pyrrole nitrogens is 1. The molecule has 164 valence electrons. The van der Waals surface area contributed by atoms with E-state index in [1.807, 2.05) is 30.3 Å². The number of hydrogen-bond acceptors (Lipinski definition) is 6. The molecule has 0 aliphatic carbocycles. The molecule has 3 N–H and O–H groups in total. The Labute approximate surface area is 186 Å². The van der Waals surface area contributed by atoms with Gasteiger partial charge in [-0.3, -0.25) is 4.72 Å². The Hall–Kier alpha value is -3.43. The van der Waals surface area contributed by atoms with E-state index in [-0.39, 0.29) is 11.0 Å². The van der Waals surface area contributed by atoms with Crippen LogP contribution in [0.2, 0.25) is 0 Å². The van der Waals surface area contributed by atoms with Crippen molar-refractivity contribution in [2.45, 2.75) is 23.8 Å². The summed E-state index contributed by atoms with van der Waals surface area (Å²) in [6.07, 6.45) is 3.65. The van der Waals surface area contributed by atoms with E-state index < -0.39 is 10.0 Å². The molecule has 2 aromatic heterocycles. The van der Waals surface area contributed by atoms with Crippen LogP contribution < -0.4 is 10.0 Å². The van der Waals surface area contributed by atoms with Crippen molar-refractivity contribution >= 4 is 32.7 Å². The number of benzene rings is 2. The lowest BCUT2D eigenvalue weighted by Crippen LogP contribution is -2.19. The molecule has 4 aromatic rings. The van der Waals surface area contributed by atoms with E-state index in [9.17, 15) is 8.42 Å². The zero-order valence-electron chi connectivity index (χ0n) is 17.3. The third-order valence-electron chi connectivity index (χ3n) is 5.46. The van der Waals surface area contributed by atoms with Crippen molar-refractivity contribution in [3.8, 4) is 11.1 Å². The maximum atomic E-state index is 13.0. The van der Waals surface area contributed by atoms with Crippen LogP contribution in [0.15, 0.2) is 71.9 Å². The standard InChI is InChI=1S/C23H23N5O3S/c29-32(30,18-11-5-2-6-12-18)28-23-19(16-8-3-1-4-9-16)20-21(25-15-26-22(20)27-23)24-14-17-10-7-13-31-17/h1-6,8-9,11-12,15,17,28H,7,10,13-14H2,(H2,24,25,26,27). The third-order valence-corrected chi connectivity index (χ3v) is 6.83. The number of sulfonamides is 1. The number of hydrogen-bond donors (Lipinski definition) is 3. The SMILES string of the molecule is O=S(=O)(Nc1[nH]c2ncnc(NCC3CCCO3)c2c1-c1ccccc1)c1ccccc1. The fraction of sp³-hybridized carbons (Fsp3) is 0.217. The first-order valence-corrected chi connectivity index (χ1v) is 12.0. The number of anilines is 2. The lowest BCUT2D eigenvalue weighted by Gasteiger charge is -2.13. The molecule has 0 saturated carbocycles. The predicted molar refractivity (Wildman–Crippen MR) is 124 cm³/mol. The summed E-state index contributed by atoms with van der Waals surface area (Å²) in [5.74, 6) is 0.974. The molecular formula is C23H23N5O3S. The molecule has 0 amide bonds. The Kier molecular flexibility index (Phi) is 5.50. The number of nitrogens with one attached hydrogen (secondary N) is 3. The van der Waals surface area contributed by atoms with Gasteiger partial charge in [0.1, 0.15) is 23.6 Å². The molecule has 8 nitrogen and oxygen atoms in total. The molecule has 1 saturated heterocycles. The second-order valence-electron chi connectivity index (χ2n) is 7.62. The molecule has 0 radical (unpaired) electrons. The largest absolute Gasteiger partial charge is 0.376 e. The van der Waals surface area contributed by atoms with Gasteiger partial charge in [-0.25, -0.2) is 18.4 Å². The molecule has 0 spiro atoms. The van der Waals surface area contributed by atoms with Crippen LogP contribution in [0, 0.1) is 0 Å². The summed E-state index contributed by atoms with van der Waals surface area (Å²) in [4.78, 5) is 12.1. The van der Waals surface area contributed by atoms with Crippen LogP contribution in [0.4, 0.5) is 11.6 Å². The van der Waals surface area contributed by atoms with Crippen molar-refractivity contribution in [1.29, 1.82) is 0 Å². The summed E-state index contributed by atoms with van der Waals surface area (Å²) in [7, 11) is -3.80. The summed E-state index contributed by atoms with van der Waals surface area (Å²) in [6.45, 7) is 1.40. The van der Waals surface area contributed by atoms with Gasteiger partial charge in [-0.2, -0.15) is 0 Å². The molecular weight excluding hydrogens is 426 g/mol. The van der Waals surface area contributed by atoms with Gasteiger partial charge in [0.15, 0.2) is 0 Å². The average molecular weight is 450 g/mol. The van der Waals surface area contributed by atoms with Gasteiger partial charge in [-0.15, -0.1) is 0 Å². The highest BCUT2D eigenvalue weighted by Gasteiger charge is 2.23. The first-order chi connectivity index (χ1) is 15.6. The summed E-state index contributed by atoms with van der Waals surface area (Å²) in [5.41, 5.74) is 2.08. The van der Waals surface area contributed by atoms with Crippen LogP contribution in [-0.4, -0.2) is 42.6 Å². The van der Waals surface area contributed by atoms with Crippen LogP contribution in [0.3, 0.4) is 0 Å². The Morgan fingerprint density at radius 2 is 1.78 bits per heavy atom. The van der Waals surface area contributed by atoms with E-state index in [1.54, 1.807) is 30.3 Å².